The normalized spacial score (nSPS) is 20.6. The number of morpholine rings is 1. The van der Waals surface area contributed by atoms with Gasteiger partial charge >= 0.3 is 0 Å². The van der Waals surface area contributed by atoms with Gasteiger partial charge in [-0.15, -0.1) is 0 Å². The van der Waals surface area contributed by atoms with E-state index in [-0.39, 0.29) is 12.0 Å². The Hall–Kier alpha value is -1.39. The number of carbonyl (C=O) groups is 1. The van der Waals surface area contributed by atoms with Crippen LogP contribution in [0.2, 0.25) is 0 Å². The number of amides is 1. The number of ether oxygens (including phenoxy) is 1. The van der Waals surface area contributed by atoms with Crippen LogP contribution in [0.1, 0.15) is 5.56 Å². The van der Waals surface area contributed by atoms with E-state index in [2.05, 4.69) is 17.3 Å². The molecule has 1 N–H and O–H groups in total. The van der Waals surface area contributed by atoms with Gasteiger partial charge in [0.15, 0.2) is 0 Å². The molecule has 1 unspecified atom stereocenters. The molecule has 1 aliphatic heterocycles. The highest BCUT2D eigenvalue weighted by Gasteiger charge is 2.18. The number of hydrogen-bond donors (Lipinski definition) is 1. The Bertz CT molecular complexity index is 381. The van der Waals surface area contributed by atoms with Crippen molar-refractivity contribution in [1.29, 1.82) is 0 Å². The summed E-state index contributed by atoms with van der Waals surface area (Å²) in [4.78, 5) is 14.0. The summed E-state index contributed by atoms with van der Waals surface area (Å²) < 4.78 is 5.59. The largest absolute Gasteiger partial charge is 0.374 e. The highest BCUT2D eigenvalue weighted by Crippen LogP contribution is 2.02. The van der Waals surface area contributed by atoms with Gasteiger partial charge in [0.1, 0.15) is 0 Å². The Morgan fingerprint density at radius 3 is 2.94 bits per heavy atom. The summed E-state index contributed by atoms with van der Waals surface area (Å²) in [5, 5.41) is 2.93. The van der Waals surface area contributed by atoms with Crippen molar-refractivity contribution in [2.24, 2.45) is 0 Å². The van der Waals surface area contributed by atoms with Crippen molar-refractivity contribution < 1.29 is 9.53 Å². The number of likely N-dealkylation sites (N-methyl/N-ethyl adjacent to an activating group) is 1. The van der Waals surface area contributed by atoms with Crippen LogP contribution in [0.4, 0.5) is 0 Å². The molecule has 1 amide bonds. The first kappa shape index (κ1) is 13.1. The van der Waals surface area contributed by atoms with Crippen LogP contribution in [0.3, 0.4) is 0 Å². The summed E-state index contributed by atoms with van der Waals surface area (Å²) in [6.45, 7) is 3.19. The van der Waals surface area contributed by atoms with Gasteiger partial charge in [-0.1, -0.05) is 30.3 Å². The Morgan fingerprint density at radius 1 is 1.44 bits per heavy atom. The molecule has 0 saturated carbocycles. The summed E-state index contributed by atoms with van der Waals surface area (Å²) in [6, 6.07) is 9.77. The standard InChI is InChI=1S/C14H20N2O2/c1-16-7-8-18-13(11-16)10-15-14(17)9-12-5-3-2-4-6-12/h2-6,13H,7-11H2,1H3,(H,15,17). The van der Waals surface area contributed by atoms with E-state index in [1.807, 2.05) is 30.3 Å². The summed E-state index contributed by atoms with van der Waals surface area (Å²) >= 11 is 0. The third kappa shape index (κ3) is 4.13. The highest BCUT2D eigenvalue weighted by atomic mass is 16.5. The molecule has 18 heavy (non-hydrogen) atoms. The van der Waals surface area contributed by atoms with E-state index in [1.165, 1.54) is 0 Å². The van der Waals surface area contributed by atoms with Gasteiger partial charge < -0.3 is 15.0 Å². The van der Waals surface area contributed by atoms with Crippen LogP contribution in [-0.2, 0) is 16.0 Å². The van der Waals surface area contributed by atoms with Crippen molar-refractivity contribution in [3.8, 4) is 0 Å². The maximum Gasteiger partial charge on any atom is 0.224 e. The van der Waals surface area contributed by atoms with Crippen molar-refractivity contribution in [2.45, 2.75) is 12.5 Å². The number of nitrogens with one attached hydrogen (secondary N) is 1. The smallest absolute Gasteiger partial charge is 0.224 e. The lowest BCUT2D eigenvalue weighted by molar-refractivity contribution is -0.121. The van der Waals surface area contributed by atoms with Crippen molar-refractivity contribution in [2.75, 3.05) is 33.3 Å². The lowest BCUT2D eigenvalue weighted by Gasteiger charge is -2.30. The third-order valence-corrected chi connectivity index (χ3v) is 3.08. The van der Waals surface area contributed by atoms with Crippen LogP contribution >= 0.6 is 0 Å². The first-order valence-corrected chi connectivity index (χ1v) is 6.35. The van der Waals surface area contributed by atoms with Crippen LogP contribution in [0, 0.1) is 0 Å². The fourth-order valence-corrected chi connectivity index (χ4v) is 2.06. The van der Waals surface area contributed by atoms with Crippen LogP contribution in [0.5, 0.6) is 0 Å². The van der Waals surface area contributed by atoms with E-state index < -0.39 is 0 Å². The van der Waals surface area contributed by atoms with Gasteiger partial charge in [-0.05, 0) is 12.6 Å². The minimum absolute atomic E-state index is 0.0537. The molecule has 0 spiro atoms. The zero-order valence-electron chi connectivity index (χ0n) is 10.8. The van der Waals surface area contributed by atoms with Crippen LogP contribution in [-0.4, -0.2) is 50.2 Å². The molecule has 0 radical (unpaired) electrons. The Labute approximate surface area is 108 Å². The van der Waals surface area contributed by atoms with Gasteiger partial charge in [0, 0.05) is 19.6 Å². The molecule has 1 saturated heterocycles. The van der Waals surface area contributed by atoms with Crippen LogP contribution in [0.25, 0.3) is 0 Å². The maximum absolute atomic E-state index is 11.8. The van der Waals surface area contributed by atoms with Crippen molar-refractivity contribution >= 4 is 5.91 Å². The van der Waals surface area contributed by atoms with E-state index in [1.54, 1.807) is 0 Å². The molecule has 4 nitrogen and oxygen atoms in total. The summed E-state index contributed by atoms with van der Waals surface area (Å²) in [5.74, 6) is 0.0537. The molecule has 4 heteroatoms. The third-order valence-electron chi connectivity index (χ3n) is 3.08. The molecule has 0 bridgehead atoms. The first-order chi connectivity index (χ1) is 8.74. The molecule has 2 rings (SSSR count). The average Bonchev–Trinajstić information content (AvgIpc) is 2.38. The Balaban J connectivity index is 1.71. The molecule has 1 aliphatic rings. The van der Waals surface area contributed by atoms with Crippen LogP contribution in [0.15, 0.2) is 30.3 Å². The molecule has 1 aromatic carbocycles. The summed E-state index contributed by atoms with van der Waals surface area (Å²) in [5.41, 5.74) is 1.04. The van der Waals surface area contributed by atoms with Gasteiger partial charge in [0.25, 0.3) is 0 Å². The molecule has 98 valence electrons. The quantitative estimate of drug-likeness (QED) is 0.852. The predicted octanol–water partition coefficient (Wildman–Crippen LogP) is 0.676. The molecular weight excluding hydrogens is 228 g/mol. The van der Waals surface area contributed by atoms with Gasteiger partial charge in [0.05, 0.1) is 19.1 Å². The van der Waals surface area contributed by atoms with Crippen molar-refractivity contribution in [3.63, 3.8) is 0 Å². The summed E-state index contributed by atoms with van der Waals surface area (Å²) in [6.07, 6.45) is 0.548. The van der Waals surface area contributed by atoms with Crippen molar-refractivity contribution in [3.05, 3.63) is 35.9 Å². The lowest BCUT2D eigenvalue weighted by atomic mass is 10.1. The maximum atomic E-state index is 11.8. The van der Waals surface area contributed by atoms with Gasteiger partial charge in [-0.2, -0.15) is 0 Å². The van der Waals surface area contributed by atoms with Crippen molar-refractivity contribution in [1.82, 2.24) is 10.2 Å². The fraction of sp³-hybridized carbons (Fsp3) is 0.500. The number of hydrogen-bond acceptors (Lipinski definition) is 3. The molecule has 0 aliphatic carbocycles. The predicted molar refractivity (Wildman–Crippen MR) is 70.4 cm³/mol. The average molecular weight is 248 g/mol. The zero-order chi connectivity index (χ0) is 12.8. The van der Waals surface area contributed by atoms with E-state index in [0.717, 1.165) is 25.3 Å². The number of rotatable bonds is 4. The van der Waals surface area contributed by atoms with E-state index in [0.29, 0.717) is 13.0 Å². The second-order valence-corrected chi connectivity index (χ2v) is 4.72. The monoisotopic (exact) mass is 248 g/mol. The van der Waals surface area contributed by atoms with Crippen LogP contribution < -0.4 is 5.32 Å². The molecule has 1 atom stereocenters. The highest BCUT2D eigenvalue weighted by molar-refractivity contribution is 5.78. The minimum atomic E-state index is 0.0537. The second-order valence-electron chi connectivity index (χ2n) is 4.72. The fourth-order valence-electron chi connectivity index (χ4n) is 2.06. The Kier molecular flexibility index (Phi) is 4.73. The second kappa shape index (κ2) is 6.52. The molecular formula is C14H20N2O2. The van der Waals surface area contributed by atoms with Gasteiger partial charge in [0.2, 0.25) is 5.91 Å². The number of carbonyl (C=O) groups excluding carboxylic acids is 1. The van der Waals surface area contributed by atoms with E-state index in [4.69, 9.17) is 4.74 Å². The minimum Gasteiger partial charge on any atom is -0.374 e. The Morgan fingerprint density at radius 2 is 2.22 bits per heavy atom. The SMILES string of the molecule is CN1CCOC(CNC(=O)Cc2ccccc2)C1. The first-order valence-electron chi connectivity index (χ1n) is 6.35. The van der Waals surface area contributed by atoms with E-state index in [9.17, 15) is 4.79 Å². The number of nitrogens with zero attached hydrogens (tertiary/aromatic N) is 1. The van der Waals surface area contributed by atoms with Gasteiger partial charge in [-0.3, -0.25) is 4.79 Å². The zero-order valence-corrected chi connectivity index (χ0v) is 10.8. The van der Waals surface area contributed by atoms with E-state index >= 15 is 0 Å². The topological polar surface area (TPSA) is 41.6 Å². The van der Waals surface area contributed by atoms with Gasteiger partial charge in [-0.25, -0.2) is 0 Å². The lowest BCUT2D eigenvalue weighted by Crippen LogP contribution is -2.46. The molecule has 1 fully saturated rings. The molecule has 0 aromatic heterocycles. The number of benzene rings is 1. The molecule has 1 heterocycles. The summed E-state index contributed by atoms with van der Waals surface area (Å²) in [7, 11) is 2.07. The molecule has 1 aromatic rings.